The highest BCUT2D eigenvalue weighted by Gasteiger charge is 2.23. The van der Waals surface area contributed by atoms with Crippen LogP contribution in [0, 0.1) is 0 Å². The molecular weight excluding hydrogens is 238 g/mol. The molecule has 1 aliphatic carbocycles. The van der Waals surface area contributed by atoms with E-state index in [0.717, 1.165) is 12.8 Å². The van der Waals surface area contributed by atoms with Gasteiger partial charge in [0.15, 0.2) is 0 Å². The number of hydrogen-bond acceptors (Lipinski definition) is 3. The van der Waals surface area contributed by atoms with E-state index in [0.29, 0.717) is 12.5 Å². The highest BCUT2D eigenvalue weighted by atomic mass is 16.4. The molecule has 7 nitrogen and oxygen atoms in total. The number of carboxylic acid groups (broad SMARTS) is 1. The summed E-state index contributed by atoms with van der Waals surface area (Å²) in [6.07, 6.45) is 2.56. The Morgan fingerprint density at radius 3 is 2.50 bits per heavy atom. The quantitative estimate of drug-likeness (QED) is 0.507. The number of amides is 3. The van der Waals surface area contributed by atoms with Crippen LogP contribution in [0.2, 0.25) is 0 Å². The average Bonchev–Trinajstić information content (AvgIpc) is 3.09. The van der Waals surface area contributed by atoms with Gasteiger partial charge in [0.05, 0.1) is 0 Å². The molecule has 0 aromatic heterocycles. The van der Waals surface area contributed by atoms with Crippen LogP contribution in [0.25, 0.3) is 0 Å². The van der Waals surface area contributed by atoms with Gasteiger partial charge < -0.3 is 21.1 Å². The first kappa shape index (κ1) is 14.3. The Hall–Kier alpha value is -1.79. The highest BCUT2D eigenvalue weighted by molar-refractivity contribution is 5.83. The molecule has 7 heteroatoms. The van der Waals surface area contributed by atoms with E-state index in [-0.39, 0.29) is 18.9 Å². The van der Waals surface area contributed by atoms with Crippen molar-refractivity contribution in [3.05, 3.63) is 0 Å². The Kier molecular flexibility index (Phi) is 5.41. The first-order chi connectivity index (χ1) is 8.52. The number of carboxylic acids is 1. The number of nitrogens with one attached hydrogen (secondary N) is 3. The Bertz CT molecular complexity index is 328. The predicted octanol–water partition coefficient (Wildman–Crippen LogP) is -0.182. The maximum Gasteiger partial charge on any atom is 0.326 e. The molecule has 0 aromatic carbocycles. The number of rotatable bonds is 7. The van der Waals surface area contributed by atoms with Gasteiger partial charge in [-0.2, -0.15) is 0 Å². The molecule has 1 aliphatic rings. The van der Waals surface area contributed by atoms with Gasteiger partial charge in [-0.3, -0.25) is 4.79 Å². The van der Waals surface area contributed by atoms with E-state index in [2.05, 4.69) is 16.0 Å². The zero-order valence-corrected chi connectivity index (χ0v) is 10.4. The second kappa shape index (κ2) is 6.83. The summed E-state index contributed by atoms with van der Waals surface area (Å²) in [5, 5.41) is 16.3. The lowest BCUT2D eigenvalue weighted by atomic mass is 10.2. The van der Waals surface area contributed by atoms with Crippen LogP contribution in [0.1, 0.15) is 32.6 Å². The van der Waals surface area contributed by atoms with Gasteiger partial charge in [0.25, 0.3) is 0 Å². The summed E-state index contributed by atoms with van der Waals surface area (Å²) in [4.78, 5) is 33.3. The molecule has 1 rings (SSSR count). The predicted molar refractivity (Wildman–Crippen MR) is 64.0 cm³/mol. The summed E-state index contributed by atoms with van der Waals surface area (Å²) in [5.74, 6) is -1.16. The average molecular weight is 257 g/mol. The van der Waals surface area contributed by atoms with Crippen LogP contribution in [-0.4, -0.2) is 41.6 Å². The number of hydrogen-bond donors (Lipinski definition) is 4. The van der Waals surface area contributed by atoms with E-state index in [1.807, 2.05) is 0 Å². The van der Waals surface area contributed by atoms with Crippen molar-refractivity contribution in [2.45, 2.75) is 44.7 Å². The normalized spacial score (nSPS) is 15.6. The summed E-state index contributed by atoms with van der Waals surface area (Å²) in [5.41, 5.74) is 0. The smallest absolute Gasteiger partial charge is 0.326 e. The Balaban J connectivity index is 2.11. The van der Waals surface area contributed by atoms with Gasteiger partial charge in [0, 0.05) is 19.0 Å². The third-order valence-corrected chi connectivity index (χ3v) is 2.59. The molecule has 0 bridgehead atoms. The number of carbonyl (C=O) groups is 3. The standard InChI is InChI=1S/C11H19N3O4/c1-2-8(10(16)17)14-11(18)12-6-5-9(15)13-7-3-4-7/h7-8H,2-6H2,1H3,(H,13,15)(H,16,17)(H2,12,14,18). The molecule has 0 spiro atoms. The zero-order chi connectivity index (χ0) is 13.5. The van der Waals surface area contributed by atoms with Gasteiger partial charge in [-0.25, -0.2) is 9.59 Å². The molecule has 0 radical (unpaired) electrons. The number of carbonyl (C=O) groups excluding carboxylic acids is 2. The van der Waals surface area contributed by atoms with E-state index in [9.17, 15) is 14.4 Å². The fourth-order valence-electron chi connectivity index (χ4n) is 1.36. The van der Waals surface area contributed by atoms with Gasteiger partial charge in [-0.05, 0) is 19.3 Å². The van der Waals surface area contributed by atoms with E-state index in [1.54, 1.807) is 6.92 Å². The largest absolute Gasteiger partial charge is 0.480 e. The summed E-state index contributed by atoms with van der Waals surface area (Å²) in [6.45, 7) is 1.86. The van der Waals surface area contributed by atoms with Crippen LogP contribution in [0.4, 0.5) is 4.79 Å². The lowest BCUT2D eigenvalue weighted by Crippen LogP contribution is -2.46. The molecule has 4 N–H and O–H groups in total. The molecule has 18 heavy (non-hydrogen) atoms. The lowest BCUT2D eigenvalue weighted by molar-refractivity contribution is -0.139. The van der Waals surface area contributed by atoms with Crippen LogP contribution in [0.15, 0.2) is 0 Å². The van der Waals surface area contributed by atoms with E-state index < -0.39 is 18.0 Å². The van der Waals surface area contributed by atoms with Crippen molar-refractivity contribution >= 4 is 17.9 Å². The molecule has 1 fully saturated rings. The van der Waals surface area contributed by atoms with E-state index in [4.69, 9.17) is 5.11 Å². The summed E-state index contributed by atoms with van der Waals surface area (Å²) in [7, 11) is 0. The van der Waals surface area contributed by atoms with Crippen LogP contribution in [0.3, 0.4) is 0 Å². The highest BCUT2D eigenvalue weighted by Crippen LogP contribution is 2.18. The maximum atomic E-state index is 11.3. The zero-order valence-electron chi connectivity index (χ0n) is 10.4. The van der Waals surface area contributed by atoms with Crippen LogP contribution in [0.5, 0.6) is 0 Å². The Morgan fingerprint density at radius 1 is 1.33 bits per heavy atom. The molecule has 102 valence electrons. The first-order valence-corrected chi connectivity index (χ1v) is 6.09. The monoisotopic (exact) mass is 257 g/mol. The fraction of sp³-hybridized carbons (Fsp3) is 0.727. The van der Waals surface area contributed by atoms with Gasteiger partial charge in [0.1, 0.15) is 6.04 Å². The van der Waals surface area contributed by atoms with E-state index >= 15 is 0 Å². The first-order valence-electron chi connectivity index (χ1n) is 6.09. The van der Waals surface area contributed by atoms with Crippen molar-refractivity contribution < 1.29 is 19.5 Å². The van der Waals surface area contributed by atoms with Gasteiger partial charge >= 0.3 is 12.0 Å². The second-order valence-electron chi connectivity index (χ2n) is 4.29. The van der Waals surface area contributed by atoms with Gasteiger partial charge in [0.2, 0.25) is 5.91 Å². The number of aliphatic carboxylic acids is 1. The topological polar surface area (TPSA) is 108 Å². The van der Waals surface area contributed by atoms with Gasteiger partial charge in [-0.1, -0.05) is 6.92 Å². The summed E-state index contributed by atoms with van der Waals surface area (Å²) >= 11 is 0. The molecule has 1 saturated carbocycles. The van der Waals surface area contributed by atoms with Crippen molar-refractivity contribution in [3.8, 4) is 0 Å². The SMILES string of the molecule is CCC(NC(=O)NCCC(=O)NC1CC1)C(=O)O. The molecular formula is C11H19N3O4. The molecule has 1 atom stereocenters. The van der Waals surface area contributed by atoms with Crippen molar-refractivity contribution in [1.82, 2.24) is 16.0 Å². The van der Waals surface area contributed by atoms with Crippen molar-refractivity contribution in [2.24, 2.45) is 0 Å². The molecule has 1 unspecified atom stereocenters. The Morgan fingerprint density at radius 2 is 2.00 bits per heavy atom. The number of urea groups is 1. The molecule has 3 amide bonds. The molecule has 0 aromatic rings. The van der Waals surface area contributed by atoms with Crippen molar-refractivity contribution in [3.63, 3.8) is 0 Å². The third-order valence-electron chi connectivity index (χ3n) is 2.59. The van der Waals surface area contributed by atoms with E-state index in [1.165, 1.54) is 0 Å². The van der Waals surface area contributed by atoms with Crippen LogP contribution < -0.4 is 16.0 Å². The summed E-state index contributed by atoms with van der Waals surface area (Å²) in [6, 6.07) is -1.16. The van der Waals surface area contributed by atoms with Gasteiger partial charge in [-0.15, -0.1) is 0 Å². The minimum Gasteiger partial charge on any atom is -0.480 e. The van der Waals surface area contributed by atoms with Crippen LogP contribution in [-0.2, 0) is 9.59 Å². The fourth-order valence-corrected chi connectivity index (χ4v) is 1.36. The lowest BCUT2D eigenvalue weighted by Gasteiger charge is -2.13. The Labute approximate surface area is 105 Å². The second-order valence-corrected chi connectivity index (χ2v) is 4.29. The summed E-state index contributed by atoms with van der Waals surface area (Å²) < 4.78 is 0. The maximum absolute atomic E-state index is 11.3. The third kappa shape index (κ3) is 5.51. The minimum absolute atomic E-state index is 0.0944. The minimum atomic E-state index is -1.07. The molecule has 0 saturated heterocycles. The van der Waals surface area contributed by atoms with Crippen LogP contribution >= 0.6 is 0 Å². The molecule has 0 aliphatic heterocycles. The molecule has 0 heterocycles. The van der Waals surface area contributed by atoms with Crippen molar-refractivity contribution in [2.75, 3.05) is 6.54 Å². The van der Waals surface area contributed by atoms with Crippen molar-refractivity contribution in [1.29, 1.82) is 0 Å².